The van der Waals surface area contributed by atoms with Gasteiger partial charge >= 0.3 is 0 Å². The van der Waals surface area contributed by atoms with Crippen molar-refractivity contribution in [2.75, 3.05) is 20.0 Å². The molecule has 32 heavy (non-hydrogen) atoms. The van der Waals surface area contributed by atoms with Crippen LogP contribution in [-0.4, -0.2) is 53.6 Å². The third-order valence-electron chi connectivity index (χ3n) is 5.70. The lowest BCUT2D eigenvalue weighted by Gasteiger charge is -2.25. The van der Waals surface area contributed by atoms with E-state index < -0.39 is 38.4 Å². The van der Waals surface area contributed by atoms with Crippen molar-refractivity contribution in [2.24, 2.45) is 0 Å². The molecule has 2 aromatic carbocycles. The first-order valence-electron chi connectivity index (χ1n) is 9.68. The normalized spacial score (nSPS) is 13.7. The molecule has 0 amide bonds. The van der Waals surface area contributed by atoms with Crippen molar-refractivity contribution in [1.82, 2.24) is 9.55 Å². The first-order valence-corrected chi connectivity index (χ1v) is 11.6. The number of aromatic nitrogens is 2. The molecule has 1 N–H and O–H groups in total. The fourth-order valence-corrected chi connectivity index (χ4v) is 4.30. The summed E-state index contributed by atoms with van der Waals surface area (Å²) < 4.78 is 43.5. The van der Waals surface area contributed by atoms with Gasteiger partial charge in [0.1, 0.15) is 22.9 Å². The first kappa shape index (κ1) is 23.6. The molecule has 1 heterocycles. The van der Waals surface area contributed by atoms with Gasteiger partial charge in [0.25, 0.3) is 5.56 Å². The summed E-state index contributed by atoms with van der Waals surface area (Å²) in [6.45, 7) is 0.119. The molecule has 170 valence electrons. The Morgan fingerprint density at radius 3 is 2.47 bits per heavy atom. The predicted molar refractivity (Wildman–Crippen MR) is 118 cm³/mol. The lowest BCUT2D eigenvalue weighted by Crippen LogP contribution is -2.46. The minimum atomic E-state index is -3.86. The SMILES string of the molecule is COc1ccc(-c2cc3ncn(CC[C@](C)(C(=O)CO)S(C)(=O)=O)c(=O)c3cc2F)cc1. The number of nitrogens with zero attached hydrogens (tertiary/aromatic N) is 2. The second-order valence-corrected chi connectivity index (χ2v) is 10.1. The van der Waals surface area contributed by atoms with Crippen molar-refractivity contribution in [3.8, 4) is 16.9 Å². The number of aliphatic hydroxyl groups excluding tert-OH is 1. The third-order valence-corrected chi connectivity index (χ3v) is 7.76. The topological polar surface area (TPSA) is 116 Å². The summed E-state index contributed by atoms with van der Waals surface area (Å²) >= 11 is 0. The van der Waals surface area contributed by atoms with Gasteiger partial charge in [0.05, 0.1) is 24.3 Å². The molecular formula is C22H23FN2O6S. The van der Waals surface area contributed by atoms with Crippen LogP contribution < -0.4 is 10.3 Å². The number of sulfone groups is 1. The Balaban J connectivity index is 1.98. The van der Waals surface area contributed by atoms with Crippen LogP contribution in [0.5, 0.6) is 5.75 Å². The number of hydrogen-bond acceptors (Lipinski definition) is 7. The summed E-state index contributed by atoms with van der Waals surface area (Å²) in [6, 6.07) is 9.32. The van der Waals surface area contributed by atoms with Gasteiger partial charge in [0.15, 0.2) is 15.6 Å². The maximum absolute atomic E-state index is 14.8. The number of halogens is 1. The van der Waals surface area contributed by atoms with E-state index in [1.807, 2.05) is 0 Å². The number of carbonyl (C=O) groups is 1. The van der Waals surface area contributed by atoms with E-state index in [1.165, 1.54) is 26.4 Å². The Bertz CT molecular complexity index is 1340. The highest BCUT2D eigenvalue weighted by Gasteiger charge is 2.42. The van der Waals surface area contributed by atoms with Crippen molar-refractivity contribution < 1.29 is 27.4 Å². The van der Waals surface area contributed by atoms with E-state index in [-0.39, 0.29) is 29.4 Å². The number of benzene rings is 2. The predicted octanol–water partition coefficient (Wildman–Crippen LogP) is 1.97. The summed E-state index contributed by atoms with van der Waals surface area (Å²) in [4.78, 5) is 29.2. The van der Waals surface area contributed by atoms with Gasteiger partial charge in [-0.3, -0.25) is 14.2 Å². The van der Waals surface area contributed by atoms with Gasteiger partial charge in [0, 0.05) is 18.4 Å². The van der Waals surface area contributed by atoms with Crippen LogP contribution in [0.3, 0.4) is 0 Å². The van der Waals surface area contributed by atoms with Gasteiger partial charge in [-0.15, -0.1) is 0 Å². The molecule has 0 saturated heterocycles. The van der Waals surface area contributed by atoms with E-state index in [9.17, 15) is 22.4 Å². The summed E-state index contributed by atoms with van der Waals surface area (Å²) in [5.74, 6) is -0.857. The van der Waals surface area contributed by atoms with Crippen molar-refractivity contribution >= 4 is 26.5 Å². The van der Waals surface area contributed by atoms with Gasteiger partial charge in [-0.2, -0.15) is 0 Å². The second kappa shape index (κ2) is 8.79. The van der Waals surface area contributed by atoms with Crippen LogP contribution in [0.1, 0.15) is 13.3 Å². The van der Waals surface area contributed by atoms with Gasteiger partial charge < -0.3 is 9.84 Å². The Labute approximate surface area is 184 Å². The molecule has 0 spiro atoms. The zero-order valence-corrected chi connectivity index (χ0v) is 18.6. The van der Waals surface area contributed by atoms with Crippen molar-refractivity contribution in [3.63, 3.8) is 0 Å². The Hall–Kier alpha value is -3.11. The molecule has 0 aliphatic heterocycles. The van der Waals surface area contributed by atoms with Crippen LogP contribution in [0.4, 0.5) is 4.39 Å². The Kier molecular flexibility index (Phi) is 6.47. The molecule has 0 bridgehead atoms. The van der Waals surface area contributed by atoms with E-state index in [0.717, 1.165) is 16.9 Å². The van der Waals surface area contributed by atoms with Gasteiger partial charge in [-0.25, -0.2) is 17.8 Å². The number of Topliss-reactive ketones (excluding diaryl/α,β-unsaturated/α-hetero) is 1. The Morgan fingerprint density at radius 2 is 1.91 bits per heavy atom. The number of rotatable bonds is 8. The van der Waals surface area contributed by atoms with E-state index >= 15 is 0 Å². The molecule has 0 fully saturated rings. The van der Waals surface area contributed by atoms with Crippen LogP contribution in [0.15, 0.2) is 47.5 Å². The number of hydrogen-bond donors (Lipinski definition) is 1. The standard InChI is InChI=1S/C22H23FN2O6S/c1-22(20(27)12-26,32(3,29)30)8-9-25-13-24-19-11-16(18(23)10-17(19)21(25)28)14-4-6-15(31-2)7-5-14/h4-7,10-11,13,26H,8-9,12H2,1-3H3/t22-/m1/s1. The number of aliphatic hydroxyl groups is 1. The molecular weight excluding hydrogens is 439 g/mol. The highest BCUT2D eigenvalue weighted by molar-refractivity contribution is 7.92. The molecule has 0 saturated carbocycles. The van der Waals surface area contributed by atoms with E-state index in [1.54, 1.807) is 24.3 Å². The molecule has 8 nitrogen and oxygen atoms in total. The maximum Gasteiger partial charge on any atom is 0.261 e. The summed E-state index contributed by atoms with van der Waals surface area (Å²) in [6.07, 6.45) is 1.88. The number of ketones is 1. The lowest BCUT2D eigenvalue weighted by molar-refractivity contribution is -0.124. The molecule has 1 atom stereocenters. The zero-order chi connectivity index (χ0) is 23.7. The average molecular weight is 462 g/mol. The van der Waals surface area contributed by atoms with Crippen molar-refractivity contribution in [1.29, 1.82) is 0 Å². The summed E-state index contributed by atoms with van der Waals surface area (Å²) in [5.41, 5.74) is 0.559. The van der Waals surface area contributed by atoms with Crippen LogP contribution in [0, 0.1) is 5.82 Å². The average Bonchev–Trinajstić information content (AvgIpc) is 2.77. The summed E-state index contributed by atoms with van der Waals surface area (Å²) in [7, 11) is -2.34. The monoisotopic (exact) mass is 462 g/mol. The molecule has 0 aliphatic rings. The molecule has 1 aromatic heterocycles. The van der Waals surface area contributed by atoms with Gasteiger partial charge in [-0.1, -0.05) is 12.1 Å². The highest BCUT2D eigenvalue weighted by atomic mass is 32.2. The van der Waals surface area contributed by atoms with Gasteiger partial charge in [0.2, 0.25) is 0 Å². The fraction of sp³-hybridized carbons (Fsp3) is 0.318. The fourth-order valence-electron chi connectivity index (χ4n) is 3.36. The molecule has 0 aliphatic carbocycles. The minimum absolute atomic E-state index is 0.0248. The quantitative estimate of drug-likeness (QED) is 0.544. The number of carbonyl (C=O) groups excluding carboxylic acids is 1. The number of fused-ring (bicyclic) bond motifs is 1. The smallest absolute Gasteiger partial charge is 0.261 e. The number of ether oxygens (including phenoxy) is 1. The first-order chi connectivity index (χ1) is 15.0. The third kappa shape index (κ3) is 4.28. The maximum atomic E-state index is 14.8. The Morgan fingerprint density at radius 1 is 1.25 bits per heavy atom. The number of aryl methyl sites for hydroxylation is 1. The zero-order valence-electron chi connectivity index (χ0n) is 17.8. The van der Waals surface area contributed by atoms with Crippen molar-refractivity contribution in [3.05, 3.63) is 58.9 Å². The second-order valence-electron chi connectivity index (χ2n) is 7.66. The van der Waals surface area contributed by atoms with Crippen LogP contribution in [0.25, 0.3) is 22.0 Å². The molecule has 0 radical (unpaired) electrons. The van der Waals surface area contributed by atoms with Crippen molar-refractivity contribution in [2.45, 2.75) is 24.6 Å². The summed E-state index contributed by atoms with van der Waals surface area (Å²) in [5, 5.41) is 9.19. The molecule has 10 heteroatoms. The van der Waals surface area contributed by atoms with E-state index in [4.69, 9.17) is 9.84 Å². The van der Waals surface area contributed by atoms with E-state index in [0.29, 0.717) is 11.3 Å². The number of methoxy groups -OCH3 is 1. The molecule has 0 unspecified atom stereocenters. The van der Waals surface area contributed by atoms with Crippen LogP contribution in [0.2, 0.25) is 0 Å². The minimum Gasteiger partial charge on any atom is -0.497 e. The lowest BCUT2D eigenvalue weighted by atomic mass is 10.0. The largest absolute Gasteiger partial charge is 0.497 e. The molecule has 3 rings (SSSR count). The van der Waals surface area contributed by atoms with Gasteiger partial charge in [-0.05, 0) is 43.2 Å². The van der Waals surface area contributed by atoms with Crippen LogP contribution in [-0.2, 0) is 21.2 Å². The highest BCUT2D eigenvalue weighted by Crippen LogP contribution is 2.28. The van der Waals surface area contributed by atoms with E-state index in [2.05, 4.69) is 4.98 Å². The molecule has 3 aromatic rings. The van der Waals surface area contributed by atoms with Crippen LogP contribution >= 0.6 is 0 Å².